The van der Waals surface area contributed by atoms with E-state index in [9.17, 15) is 27.6 Å². The van der Waals surface area contributed by atoms with E-state index in [2.05, 4.69) is 16.6 Å². The largest absolute Gasteiger partial charge is 0.497 e. The van der Waals surface area contributed by atoms with Crippen molar-refractivity contribution in [1.29, 1.82) is 0 Å². The fraction of sp³-hybridized carbons (Fsp3) is 0.523. The highest BCUT2D eigenvalue weighted by Gasteiger charge is 2.50. The lowest BCUT2D eigenvalue weighted by Gasteiger charge is -2.38. The van der Waals surface area contributed by atoms with Gasteiger partial charge in [0, 0.05) is 54.9 Å². The monoisotopic (exact) mass is 815 g/mol. The molecule has 6 rings (SSSR count). The average molecular weight is 816 g/mol. The summed E-state index contributed by atoms with van der Waals surface area (Å²) < 4.78 is 40.2. The smallest absolute Gasteiger partial charge is 0.259 e. The molecule has 0 radical (unpaired) electrons. The van der Waals surface area contributed by atoms with Crippen LogP contribution in [0.15, 0.2) is 67.3 Å². The molecule has 3 aliphatic rings. The first-order chi connectivity index (χ1) is 27.4. The van der Waals surface area contributed by atoms with Gasteiger partial charge in [-0.2, -0.15) is 0 Å². The highest BCUT2D eigenvalue weighted by atomic mass is 32.2. The number of nitrogens with one attached hydrogen (secondary N) is 2. The summed E-state index contributed by atoms with van der Waals surface area (Å²) in [4.78, 5) is 65.3. The number of carbonyl (C=O) groups is 4. The van der Waals surface area contributed by atoms with Crippen LogP contribution in [0, 0.1) is 17.3 Å². The summed E-state index contributed by atoms with van der Waals surface area (Å²) in [5, 5.41) is 2.88. The van der Waals surface area contributed by atoms with Gasteiger partial charge in [-0.15, -0.1) is 6.58 Å². The second-order valence-corrected chi connectivity index (χ2v) is 19.2. The fourth-order valence-corrected chi connectivity index (χ4v) is 9.17. The number of fused-ring (bicyclic) bond motifs is 1. The Balaban J connectivity index is 1.36. The second-order valence-electron chi connectivity index (χ2n) is 17.2. The molecule has 58 heavy (non-hydrogen) atoms. The summed E-state index contributed by atoms with van der Waals surface area (Å²) >= 11 is 0. The number of rotatable bonds is 14. The Morgan fingerprint density at radius 1 is 1.00 bits per heavy atom. The van der Waals surface area contributed by atoms with Crippen LogP contribution < -0.4 is 19.5 Å². The Labute approximate surface area is 342 Å². The lowest BCUT2D eigenvalue weighted by Crippen LogP contribution is -2.64. The van der Waals surface area contributed by atoms with Gasteiger partial charge in [-0.3, -0.25) is 23.9 Å². The standard InChI is InChI=1S/C44H57N5O8S/c1-8-28(2)44(6,42(53)47-58(54,55)32-18-19-32)46-40(51)37-24-31(27-49(37)41(52)34(43(3,4)5)25-39(50)48-21-13-10-14-22-48)57-38-26-35(29-15-11-9-12-16-29)45-36-23-30(56-7)17-20-33(36)38/h8-9,11-12,15-17,20,23,26,28,31-32,34,37H,1,10,13-14,18-19,21-22,24-25,27H2,2-7H3,(H,46,51)(H,47,53)/t28?,31-,34-,37+,44-/m1/s1. The van der Waals surface area contributed by atoms with Crippen molar-refractivity contribution in [3.8, 4) is 22.8 Å². The van der Waals surface area contributed by atoms with Crippen molar-refractivity contribution in [3.05, 3.63) is 67.3 Å². The molecule has 1 aromatic heterocycles. The van der Waals surface area contributed by atoms with Gasteiger partial charge in [-0.05, 0) is 56.6 Å². The van der Waals surface area contributed by atoms with Gasteiger partial charge in [0.05, 0.1) is 36.0 Å². The van der Waals surface area contributed by atoms with Crippen molar-refractivity contribution in [2.75, 3.05) is 26.7 Å². The first kappa shape index (κ1) is 42.6. The number of pyridine rings is 1. The van der Waals surface area contributed by atoms with E-state index in [0.29, 0.717) is 54.0 Å². The molecule has 3 heterocycles. The molecule has 2 aromatic carbocycles. The Hall–Kier alpha value is -4.98. The van der Waals surface area contributed by atoms with E-state index in [1.807, 2.05) is 80.3 Å². The molecular weight excluding hydrogens is 759 g/mol. The maximum atomic E-state index is 14.9. The minimum absolute atomic E-state index is 0.0119. The molecule has 312 valence electrons. The van der Waals surface area contributed by atoms with Crippen molar-refractivity contribution in [3.63, 3.8) is 0 Å². The van der Waals surface area contributed by atoms with Crippen molar-refractivity contribution >= 4 is 44.6 Å². The molecule has 2 saturated heterocycles. The second kappa shape index (κ2) is 17.1. The molecule has 0 bridgehead atoms. The van der Waals surface area contributed by atoms with Crippen LogP contribution in [0.5, 0.6) is 11.5 Å². The topological polar surface area (TPSA) is 164 Å². The number of nitrogens with zero attached hydrogens (tertiary/aromatic N) is 3. The Morgan fingerprint density at radius 3 is 2.31 bits per heavy atom. The zero-order valence-corrected chi connectivity index (χ0v) is 35.3. The first-order valence-electron chi connectivity index (χ1n) is 20.2. The molecule has 5 atom stereocenters. The van der Waals surface area contributed by atoms with Crippen LogP contribution in [0.4, 0.5) is 0 Å². The number of hydrogen-bond donors (Lipinski definition) is 2. The molecule has 13 nitrogen and oxygen atoms in total. The number of piperidine rings is 1. The van der Waals surface area contributed by atoms with Gasteiger partial charge >= 0.3 is 0 Å². The van der Waals surface area contributed by atoms with E-state index in [1.54, 1.807) is 14.0 Å². The maximum absolute atomic E-state index is 14.9. The van der Waals surface area contributed by atoms with Crippen LogP contribution in [-0.4, -0.2) is 96.5 Å². The SMILES string of the molecule is C=CC(C)[C@@](C)(NC(=O)[C@@H]1C[C@@H](Oc2cc(-c3ccccc3)nc3cc(OC)ccc23)CN1C(=O)[C@@H](CC(=O)N1CCCCC1)C(C)(C)C)C(=O)NS(=O)(=O)C1CC1. The normalized spacial score (nSPS) is 20.7. The van der Waals surface area contributed by atoms with Crippen LogP contribution >= 0.6 is 0 Å². The number of ether oxygens (including phenoxy) is 2. The molecule has 2 aliphatic heterocycles. The van der Waals surface area contributed by atoms with Crippen molar-refractivity contribution in [2.24, 2.45) is 17.3 Å². The predicted octanol–water partition coefficient (Wildman–Crippen LogP) is 5.63. The van der Waals surface area contributed by atoms with E-state index in [-0.39, 0.29) is 31.2 Å². The van der Waals surface area contributed by atoms with Gasteiger partial charge in [-0.1, -0.05) is 64.1 Å². The summed E-state index contributed by atoms with van der Waals surface area (Å²) in [6, 6.07) is 15.8. The third-order valence-electron chi connectivity index (χ3n) is 11.9. The van der Waals surface area contributed by atoms with Crippen molar-refractivity contribution < 1.29 is 37.1 Å². The maximum Gasteiger partial charge on any atom is 0.259 e. The van der Waals surface area contributed by atoms with Crippen LogP contribution in [0.25, 0.3) is 22.2 Å². The molecule has 3 aromatic rings. The first-order valence-corrected chi connectivity index (χ1v) is 21.8. The van der Waals surface area contributed by atoms with Crippen molar-refractivity contribution in [1.82, 2.24) is 24.8 Å². The summed E-state index contributed by atoms with van der Waals surface area (Å²) in [5.41, 5.74) is -0.256. The predicted molar refractivity (Wildman–Crippen MR) is 222 cm³/mol. The zero-order valence-electron chi connectivity index (χ0n) is 34.5. The van der Waals surface area contributed by atoms with E-state index in [0.717, 1.165) is 24.8 Å². The molecule has 14 heteroatoms. The summed E-state index contributed by atoms with van der Waals surface area (Å²) in [7, 11) is -2.37. The third kappa shape index (κ3) is 9.32. The molecule has 3 fully saturated rings. The Kier molecular flexibility index (Phi) is 12.6. The minimum atomic E-state index is -3.95. The highest BCUT2D eigenvalue weighted by molar-refractivity contribution is 7.91. The van der Waals surface area contributed by atoms with Gasteiger partial charge in [-0.25, -0.2) is 13.4 Å². The number of aromatic nitrogens is 1. The van der Waals surface area contributed by atoms with Crippen molar-refractivity contribution in [2.45, 2.75) is 102 Å². The summed E-state index contributed by atoms with van der Waals surface area (Å²) in [6.45, 7) is 14.0. The number of methoxy groups -OCH3 is 1. The zero-order chi connectivity index (χ0) is 42.0. The van der Waals surface area contributed by atoms with Crippen LogP contribution in [0.3, 0.4) is 0 Å². The highest BCUT2D eigenvalue weighted by Crippen LogP contribution is 2.38. The van der Waals surface area contributed by atoms with Gasteiger partial charge in [0.1, 0.15) is 29.2 Å². The number of carbonyl (C=O) groups excluding carboxylic acids is 4. The van der Waals surface area contributed by atoms with Crippen LogP contribution in [-0.2, 0) is 29.2 Å². The Morgan fingerprint density at radius 2 is 1.69 bits per heavy atom. The number of sulfonamides is 1. The van der Waals surface area contributed by atoms with Gasteiger partial charge < -0.3 is 24.6 Å². The molecule has 0 spiro atoms. The number of likely N-dealkylation sites (tertiary alicyclic amines) is 2. The van der Waals surface area contributed by atoms with Crippen LogP contribution in [0.2, 0.25) is 0 Å². The summed E-state index contributed by atoms with van der Waals surface area (Å²) in [6.07, 6.45) is 4.58. The van der Waals surface area contributed by atoms with Gasteiger partial charge in [0.2, 0.25) is 27.7 Å². The molecular formula is C44H57N5O8S. The van der Waals surface area contributed by atoms with E-state index in [1.165, 1.54) is 17.9 Å². The van der Waals surface area contributed by atoms with Gasteiger partial charge in [0.15, 0.2) is 0 Å². The van der Waals surface area contributed by atoms with E-state index in [4.69, 9.17) is 14.5 Å². The third-order valence-corrected chi connectivity index (χ3v) is 13.8. The number of amides is 4. The van der Waals surface area contributed by atoms with E-state index >= 15 is 0 Å². The molecule has 1 saturated carbocycles. The summed E-state index contributed by atoms with van der Waals surface area (Å²) in [5.74, 6) is -2.40. The lowest BCUT2D eigenvalue weighted by atomic mass is 9.77. The Bertz CT molecular complexity index is 2150. The molecule has 4 amide bonds. The molecule has 2 N–H and O–H groups in total. The lowest BCUT2D eigenvalue weighted by molar-refractivity contribution is -0.149. The van der Waals surface area contributed by atoms with Crippen LogP contribution in [0.1, 0.15) is 79.6 Å². The van der Waals surface area contributed by atoms with E-state index < -0.39 is 62.0 Å². The minimum Gasteiger partial charge on any atom is -0.497 e. The molecule has 1 aliphatic carbocycles. The quantitative estimate of drug-likeness (QED) is 0.197. The van der Waals surface area contributed by atoms with Gasteiger partial charge in [0.25, 0.3) is 5.91 Å². The fourth-order valence-electron chi connectivity index (χ4n) is 7.77. The average Bonchev–Trinajstić information content (AvgIpc) is 3.99. The number of hydrogen-bond acceptors (Lipinski definition) is 9. The number of benzene rings is 2. The molecule has 1 unspecified atom stereocenters.